The van der Waals surface area contributed by atoms with E-state index in [-0.39, 0.29) is 5.41 Å². The van der Waals surface area contributed by atoms with Crippen molar-refractivity contribution in [3.63, 3.8) is 0 Å². The van der Waals surface area contributed by atoms with Crippen molar-refractivity contribution in [2.24, 2.45) is 5.41 Å². The fourth-order valence-electron chi connectivity index (χ4n) is 1.50. The highest BCUT2D eigenvalue weighted by molar-refractivity contribution is 6.32. The number of carbonyl (C=O) groups excluding carboxylic acids is 2. The monoisotopic (exact) mass is 185 g/mol. The van der Waals surface area contributed by atoms with E-state index >= 15 is 0 Å². The molecule has 1 aliphatic heterocycles. The molecule has 1 saturated heterocycles. The molecule has 0 aromatic heterocycles. The largest absolute Gasteiger partial charge is 0.462 e. The maximum absolute atomic E-state index is 11.3. The van der Waals surface area contributed by atoms with Gasteiger partial charge in [-0.15, -0.1) is 0 Å². The lowest BCUT2D eigenvalue weighted by Gasteiger charge is -2.18. The summed E-state index contributed by atoms with van der Waals surface area (Å²) in [7, 11) is 1.22. The van der Waals surface area contributed by atoms with E-state index in [1.165, 1.54) is 7.11 Å². The predicted molar refractivity (Wildman–Crippen MR) is 47.0 cm³/mol. The zero-order valence-corrected chi connectivity index (χ0v) is 8.29. The highest BCUT2D eigenvalue weighted by Gasteiger charge is 2.34. The lowest BCUT2D eigenvalue weighted by atomic mass is 9.93. The van der Waals surface area contributed by atoms with Crippen LogP contribution in [0.15, 0.2) is 0 Å². The molecule has 1 heterocycles. The van der Waals surface area contributed by atoms with Crippen LogP contribution in [0.3, 0.4) is 0 Å². The second-order valence-electron chi connectivity index (χ2n) is 4.13. The molecule has 0 bridgehead atoms. The number of ether oxygens (including phenoxy) is 1. The molecule has 74 valence electrons. The third-order valence-electron chi connectivity index (χ3n) is 2.32. The Bertz CT molecular complexity index is 235. The van der Waals surface area contributed by atoms with Gasteiger partial charge in [0.05, 0.1) is 7.11 Å². The van der Waals surface area contributed by atoms with E-state index in [1.807, 2.05) is 0 Å². The first kappa shape index (κ1) is 10.0. The minimum absolute atomic E-state index is 0.129. The normalized spacial score (nSPS) is 20.1. The lowest BCUT2D eigenvalue weighted by molar-refractivity contribution is -0.157. The Morgan fingerprint density at radius 2 is 2.00 bits per heavy atom. The molecule has 13 heavy (non-hydrogen) atoms. The summed E-state index contributed by atoms with van der Waals surface area (Å²) in [6.45, 7) is 5.46. The summed E-state index contributed by atoms with van der Waals surface area (Å²) in [6.07, 6.45) is 0.940. The van der Waals surface area contributed by atoms with E-state index in [9.17, 15) is 9.59 Å². The van der Waals surface area contributed by atoms with Crippen LogP contribution in [0.4, 0.5) is 0 Å². The molecule has 0 saturated carbocycles. The Morgan fingerprint density at radius 3 is 2.38 bits per heavy atom. The third-order valence-corrected chi connectivity index (χ3v) is 2.32. The molecule has 0 atom stereocenters. The summed E-state index contributed by atoms with van der Waals surface area (Å²) < 4.78 is 4.36. The molecule has 0 aromatic rings. The van der Waals surface area contributed by atoms with Crippen LogP contribution in [0.5, 0.6) is 0 Å². The van der Waals surface area contributed by atoms with Gasteiger partial charge in [-0.1, -0.05) is 13.8 Å². The molecule has 0 unspecified atom stereocenters. The third kappa shape index (κ3) is 2.20. The van der Waals surface area contributed by atoms with Crippen LogP contribution in [-0.2, 0) is 14.3 Å². The summed E-state index contributed by atoms with van der Waals surface area (Å²) in [4.78, 5) is 23.8. The maximum Gasteiger partial charge on any atom is 0.396 e. The first-order valence-corrected chi connectivity index (χ1v) is 4.33. The highest BCUT2D eigenvalue weighted by atomic mass is 16.5. The number of hydrogen-bond donors (Lipinski definition) is 0. The van der Waals surface area contributed by atoms with Gasteiger partial charge in [0.25, 0.3) is 0 Å². The summed E-state index contributed by atoms with van der Waals surface area (Å²) in [5.74, 6) is -1.29. The summed E-state index contributed by atoms with van der Waals surface area (Å²) in [5, 5.41) is 0. The van der Waals surface area contributed by atoms with Crippen molar-refractivity contribution in [3.05, 3.63) is 0 Å². The predicted octanol–water partition coefficient (Wildman–Crippen LogP) is 0.418. The maximum atomic E-state index is 11.3. The molecule has 0 radical (unpaired) electrons. The Balaban J connectivity index is 2.57. The topological polar surface area (TPSA) is 46.6 Å². The lowest BCUT2D eigenvalue weighted by Crippen LogP contribution is -2.36. The quantitative estimate of drug-likeness (QED) is 0.406. The van der Waals surface area contributed by atoms with Gasteiger partial charge in [-0.3, -0.25) is 4.79 Å². The van der Waals surface area contributed by atoms with Gasteiger partial charge in [-0.05, 0) is 11.8 Å². The Labute approximate surface area is 77.8 Å². The molecular weight excluding hydrogens is 170 g/mol. The molecule has 0 spiro atoms. The average Bonchev–Trinajstić information content (AvgIpc) is 2.43. The number of likely N-dealkylation sites (tertiary alicyclic amines) is 1. The minimum atomic E-state index is -0.766. The van der Waals surface area contributed by atoms with Crippen molar-refractivity contribution in [2.45, 2.75) is 20.3 Å². The molecule has 1 fully saturated rings. The van der Waals surface area contributed by atoms with E-state index in [0.29, 0.717) is 13.1 Å². The van der Waals surface area contributed by atoms with Crippen molar-refractivity contribution < 1.29 is 14.3 Å². The second kappa shape index (κ2) is 3.36. The fraction of sp³-hybridized carbons (Fsp3) is 0.778. The van der Waals surface area contributed by atoms with Gasteiger partial charge in [-0.25, -0.2) is 4.79 Å². The van der Waals surface area contributed by atoms with Gasteiger partial charge < -0.3 is 9.64 Å². The number of hydrogen-bond acceptors (Lipinski definition) is 3. The van der Waals surface area contributed by atoms with Crippen molar-refractivity contribution >= 4 is 11.9 Å². The Hall–Kier alpha value is -1.06. The van der Waals surface area contributed by atoms with Gasteiger partial charge in [-0.2, -0.15) is 0 Å². The van der Waals surface area contributed by atoms with Gasteiger partial charge in [0.1, 0.15) is 0 Å². The van der Waals surface area contributed by atoms with Crippen LogP contribution in [0.2, 0.25) is 0 Å². The second-order valence-corrected chi connectivity index (χ2v) is 4.13. The van der Waals surface area contributed by atoms with Gasteiger partial charge >= 0.3 is 11.9 Å². The van der Waals surface area contributed by atoms with Gasteiger partial charge in [0.2, 0.25) is 0 Å². The van der Waals surface area contributed by atoms with Crippen LogP contribution in [0.25, 0.3) is 0 Å². The first-order chi connectivity index (χ1) is 5.96. The van der Waals surface area contributed by atoms with E-state index in [1.54, 1.807) is 4.90 Å². The van der Waals surface area contributed by atoms with Crippen LogP contribution >= 0.6 is 0 Å². The summed E-state index contributed by atoms with van der Waals surface area (Å²) in [5.41, 5.74) is 0.129. The molecule has 1 rings (SSSR count). The molecule has 1 amide bonds. The Morgan fingerprint density at radius 1 is 1.38 bits per heavy atom. The summed E-state index contributed by atoms with van der Waals surface area (Å²) in [6, 6.07) is 0. The van der Waals surface area contributed by atoms with Gasteiger partial charge in [0, 0.05) is 13.1 Å². The molecule has 0 N–H and O–H groups in total. The van der Waals surface area contributed by atoms with Crippen LogP contribution in [0, 0.1) is 5.41 Å². The molecule has 1 aliphatic rings. The number of nitrogens with zero attached hydrogens (tertiary/aromatic N) is 1. The number of esters is 1. The summed E-state index contributed by atoms with van der Waals surface area (Å²) >= 11 is 0. The SMILES string of the molecule is COC(=O)C(=O)N1CCC(C)(C)C1. The van der Waals surface area contributed by atoms with Crippen LogP contribution in [-0.4, -0.2) is 37.0 Å². The van der Waals surface area contributed by atoms with Crippen molar-refractivity contribution in [2.75, 3.05) is 20.2 Å². The minimum Gasteiger partial charge on any atom is -0.462 e. The van der Waals surface area contributed by atoms with E-state index in [2.05, 4.69) is 18.6 Å². The number of carbonyl (C=O) groups is 2. The van der Waals surface area contributed by atoms with E-state index in [0.717, 1.165) is 6.42 Å². The zero-order valence-electron chi connectivity index (χ0n) is 8.29. The molecule has 4 nitrogen and oxygen atoms in total. The molecule has 0 aliphatic carbocycles. The van der Waals surface area contributed by atoms with E-state index < -0.39 is 11.9 Å². The standard InChI is InChI=1S/C9H15NO3/c1-9(2)4-5-10(6-9)7(11)8(12)13-3/h4-6H2,1-3H3. The molecule has 0 aromatic carbocycles. The van der Waals surface area contributed by atoms with Crippen molar-refractivity contribution in [3.8, 4) is 0 Å². The fourth-order valence-corrected chi connectivity index (χ4v) is 1.50. The zero-order chi connectivity index (χ0) is 10.1. The van der Waals surface area contributed by atoms with Crippen molar-refractivity contribution in [1.82, 2.24) is 4.90 Å². The number of amides is 1. The van der Waals surface area contributed by atoms with Crippen LogP contribution in [0.1, 0.15) is 20.3 Å². The molecular formula is C9H15NO3. The smallest absolute Gasteiger partial charge is 0.396 e. The highest BCUT2D eigenvalue weighted by Crippen LogP contribution is 2.28. The van der Waals surface area contributed by atoms with Crippen LogP contribution < -0.4 is 0 Å². The van der Waals surface area contributed by atoms with Crippen molar-refractivity contribution in [1.29, 1.82) is 0 Å². The van der Waals surface area contributed by atoms with E-state index in [4.69, 9.17) is 0 Å². The average molecular weight is 185 g/mol. The number of rotatable bonds is 0. The van der Waals surface area contributed by atoms with Gasteiger partial charge in [0.15, 0.2) is 0 Å². The molecule has 4 heteroatoms. The Kier molecular flexibility index (Phi) is 2.59. The first-order valence-electron chi connectivity index (χ1n) is 4.33. The number of methoxy groups -OCH3 is 1.